The first kappa shape index (κ1) is 17.6. The molecule has 3 rings (SSSR count). The summed E-state index contributed by atoms with van der Waals surface area (Å²) in [6.07, 6.45) is 3.26. The predicted octanol–water partition coefficient (Wildman–Crippen LogP) is 3.11. The van der Waals surface area contributed by atoms with Crippen molar-refractivity contribution in [3.05, 3.63) is 29.3 Å². The fourth-order valence-electron chi connectivity index (χ4n) is 3.77. The molecule has 0 saturated carbocycles. The van der Waals surface area contributed by atoms with Crippen molar-refractivity contribution >= 4 is 23.2 Å². The summed E-state index contributed by atoms with van der Waals surface area (Å²) in [5, 5.41) is 0.764. The molecule has 0 radical (unpaired) electrons. The van der Waals surface area contributed by atoms with Gasteiger partial charge in [0, 0.05) is 56.4 Å². The number of piperazine rings is 1. The Morgan fingerprint density at radius 3 is 2.50 bits per heavy atom. The molecule has 24 heavy (non-hydrogen) atoms. The number of rotatable bonds is 4. The third-order valence-electron chi connectivity index (χ3n) is 5.21. The molecule has 2 saturated heterocycles. The maximum atomic E-state index is 12.5. The fraction of sp³-hybridized carbons (Fsp3) is 0.632. The Morgan fingerprint density at radius 2 is 1.83 bits per heavy atom. The van der Waals surface area contributed by atoms with Crippen molar-refractivity contribution in [3.63, 3.8) is 0 Å². The van der Waals surface area contributed by atoms with Gasteiger partial charge in [-0.3, -0.25) is 4.79 Å². The molecule has 1 amide bonds. The molecule has 1 atom stereocenters. The van der Waals surface area contributed by atoms with Crippen LogP contribution in [0, 0.1) is 5.92 Å². The van der Waals surface area contributed by atoms with E-state index < -0.39 is 0 Å². The highest BCUT2D eigenvalue weighted by Gasteiger charge is 2.22. The summed E-state index contributed by atoms with van der Waals surface area (Å²) in [6, 6.07) is 7.96. The highest BCUT2D eigenvalue weighted by atomic mass is 35.5. The molecule has 0 bridgehead atoms. The van der Waals surface area contributed by atoms with Gasteiger partial charge < -0.3 is 14.7 Å². The second-order valence-corrected chi connectivity index (χ2v) is 7.58. The summed E-state index contributed by atoms with van der Waals surface area (Å²) in [5.41, 5.74) is 1.19. The van der Waals surface area contributed by atoms with Crippen molar-refractivity contribution < 1.29 is 4.79 Å². The van der Waals surface area contributed by atoms with E-state index in [2.05, 4.69) is 28.9 Å². The molecule has 0 aromatic heterocycles. The summed E-state index contributed by atoms with van der Waals surface area (Å²) in [4.78, 5) is 19.3. The van der Waals surface area contributed by atoms with Gasteiger partial charge in [-0.15, -0.1) is 0 Å². The van der Waals surface area contributed by atoms with Crippen molar-refractivity contribution in [2.45, 2.75) is 26.2 Å². The van der Waals surface area contributed by atoms with Crippen LogP contribution < -0.4 is 4.90 Å². The minimum atomic E-state index is 0.309. The monoisotopic (exact) mass is 349 g/mol. The van der Waals surface area contributed by atoms with Crippen LogP contribution in [0.2, 0.25) is 5.02 Å². The molecule has 5 heteroatoms. The molecule has 2 heterocycles. The third-order valence-corrected chi connectivity index (χ3v) is 5.46. The van der Waals surface area contributed by atoms with Crippen molar-refractivity contribution in [3.8, 4) is 0 Å². The number of hydrogen-bond donors (Lipinski definition) is 0. The van der Waals surface area contributed by atoms with E-state index in [1.807, 2.05) is 17.0 Å². The first-order valence-electron chi connectivity index (χ1n) is 9.12. The summed E-state index contributed by atoms with van der Waals surface area (Å²) in [7, 11) is 0. The highest BCUT2D eigenvalue weighted by Crippen LogP contribution is 2.20. The number of anilines is 1. The van der Waals surface area contributed by atoms with Crippen LogP contribution in [0.5, 0.6) is 0 Å². The lowest BCUT2D eigenvalue weighted by molar-refractivity contribution is -0.131. The Morgan fingerprint density at radius 1 is 1.12 bits per heavy atom. The Bertz CT molecular complexity index is 540. The fourth-order valence-corrected chi connectivity index (χ4v) is 3.89. The van der Waals surface area contributed by atoms with Crippen LogP contribution >= 0.6 is 11.6 Å². The number of carbonyl (C=O) groups is 1. The molecular formula is C19H28ClN3O. The van der Waals surface area contributed by atoms with Crippen LogP contribution in [0.25, 0.3) is 0 Å². The van der Waals surface area contributed by atoms with Gasteiger partial charge in [0.05, 0.1) is 0 Å². The van der Waals surface area contributed by atoms with Gasteiger partial charge in [-0.05, 0) is 49.6 Å². The molecule has 4 nitrogen and oxygen atoms in total. The number of carbonyl (C=O) groups excluding carboxylic acids is 1. The summed E-state index contributed by atoms with van der Waals surface area (Å²) < 4.78 is 0. The van der Waals surface area contributed by atoms with Crippen molar-refractivity contribution in [1.29, 1.82) is 0 Å². The lowest BCUT2D eigenvalue weighted by Gasteiger charge is -2.37. The summed E-state index contributed by atoms with van der Waals surface area (Å²) in [5.74, 6) is 1.08. The first-order chi connectivity index (χ1) is 11.6. The SMILES string of the molecule is C[C@H]1CCCN(CCC(=O)N2CCN(c3ccc(Cl)cc3)CC2)C1. The Balaban J connectivity index is 1.42. The normalized spacial score (nSPS) is 22.7. The standard InChI is InChI=1S/C19H28ClN3O/c1-16-3-2-9-21(15-16)10-8-19(24)23-13-11-22(12-14-23)18-6-4-17(20)5-7-18/h4-7,16H,2-3,8-15H2,1H3/t16-/m0/s1. The largest absolute Gasteiger partial charge is 0.368 e. The molecule has 0 aliphatic carbocycles. The van der Waals surface area contributed by atoms with Gasteiger partial charge in [0.1, 0.15) is 0 Å². The predicted molar refractivity (Wildman–Crippen MR) is 99.7 cm³/mol. The van der Waals surface area contributed by atoms with Crippen LogP contribution in [-0.4, -0.2) is 61.5 Å². The Kier molecular flexibility index (Phi) is 6.01. The molecular weight excluding hydrogens is 322 g/mol. The number of benzene rings is 1. The third kappa shape index (κ3) is 4.64. The van der Waals surface area contributed by atoms with Crippen LogP contribution in [0.4, 0.5) is 5.69 Å². The van der Waals surface area contributed by atoms with Gasteiger partial charge in [-0.1, -0.05) is 18.5 Å². The maximum absolute atomic E-state index is 12.5. The Labute approximate surface area is 150 Å². The zero-order valence-corrected chi connectivity index (χ0v) is 15.3. The van der Waals surface area contributed by atoms with Gasteiger partial charge in [0.15, 0.2) is 0 Å². The van der Waals surface area contributed by atoms with Crippen molar-refractivity contribution in [1.82, 2.24) is 9.80 Å². The molecule has 1 aromatic rings. The molecule has 2 aliphatic rings. The minimum Gasteiger partial charge on any atom is -0.368 e. The number of piperidine rings is 1. The quantitative estimate of drug-likeness (QED) is 0.835. The minimum absolute atomic E-state index is 0.309. The van der Waals surface area contributed by atoms with Crippen LogP contribution in [0.15, 0.2) is 24.3 Å². The highest BCUT2D eigenvalue weighted by molar-refractivity contribution is 6.30. The molecule has 1 aromatic carbocycles. The van der Waals surface area contributed by atoms with Gasteiger partial charge in [-0.25, -0.2) is 0 Å². The lowest BCUT2D eigenvalue weighted by Crippen LogP contribution is -2.49. The van der Waals surface area contributed by atoms with E-state index in [0.29, 0.717) is 12.3 Å². The number of hydrogen-bond acceptors (Lipinski definition) is 3. The van der Waals surface area contributed by atoms with Gasteiger partial charge in [0.25, 0.3) is 0 Å². The van der Waals surface area contributed by atoms with Crippen LogP contribution in [0.1, 0.15) is 26.2 Å². The second kappa shape index (κ2) is 8.21. The van der Waals surface area contributed by atoms with E-state index in [0.717, 1.165) is 56.8 Å². The molecule has 2 aliphatic heterocycles. The van der Waals surface area contributed by atoms with Gasteiger partial charge >= 0.3 is 0 Å². The van der Waals surface area contributed by atoms with Gasteiger partial charge in [-0.2, -0.15) is 0 Å². The maximum Gasteiger partial charge on any atom is 0.223 e. The molecule has 0 N–H and O–H groups in total. The molecule has 0 spiro atoms. The summed E-state index contributed by atoms with van der Waals surface area (Å²) >= 11 is 5.95. The lowest BCUT2D eigenvalue weighted by atomic mass is 10.0. The Hall–Kier alpha value is -1.26. The first-order valence-corrected chi connectivity index (χ1v) is 9.50. The number of likely N-dealkylation sites (tertiary alicyclic amines) is 1. The van der Waals surface area contributed by atoms with E-state index in [-0.39, 0.29) is 0 Å². The van der Waals surface area contributed by atoms with E-state index in [9.17, 15) is 4.79 Å². The number of amides is 1. The van der Waals surface area contributed by atoms with E-state index >= 15 is 0 Å². The van der Waals surface area contributed by atoms with E-state index in [1.165, 1.54) is 18.5 Å². The number of halogens is 1. The van der Waals surface area contributed by atoms with Crippen molar-refractivity contribution in [2.24, 2.45) is 5.92 Å². The average molecular weight is 350 g/mol. The van der Waals surface area contributed by atoms with Crippen LogP contribution in [-0.2, 0) is 4.79 Å². The van der Waals surface area contributed by atoms with Gasteiger partial charge in [0.2, 0.25) is 5.91 Å². The summed E-state index contributed by atoms with van der Waals surface area (Å²) in [6.45, 7) is 8.96. The van der Waals surface area contributed by atoms with Crippen LogP contribution in [0.3, 0.4) is 0 Å². The zero-order valence-electron chi connectivity index (χ0n) is 14.6. The van der Waals surface area contributed by atoms with E-state index in [4.69, 9.17) is 11.6 Å². The molecule has 0 unspecified atom stereocenters. The number of nitrogens with zero attached hydrogens (tertiary/aromatic N) is 3. The van der Waals surface area contributed by atoms with E-state index in [1.54, 1.807) is 0 Å². The smallest absolute Gasteiger partial charge is 0.223 e. The zero-order chi connectivity index (χ0) is 16.9. The topological polar surface area (TPSA) is 26.8 Å². The molecule has 132 valence electrons. The second-order valence-electron chi connectivity index (χ2n) is 7.14. The average Bonchev–Trinajstić information content (AvgIpc) is 2.61. The molecule has 2 fully saturated rings. The van der Waals surface area contributed by atoms with Crippen molar-refractivity contribution in [2.75, 3.05) is 50.7 Å².